The number of rotatable bonds is 48. The molecule has 0 rings (SSSR count). The summed E-state index contributed by atoms with van der Waals surface area (Å²) in [6, 6.07) is -1.09. The summed E-state index contributed by atoms with van der Waals surface area (Å²) in [6.07, 6.45) is 52.0. The van der Waals surface area contributed by atoms with Gasteiger partial charge in [-0.05, 0) is 70.6 Å². The fourth-order valence-electron chi connectivity index (χ4n) is 7.70. The molecule has 0 spiro atoms. The quantitative estimate of drug-likeness (QED) is 0.0240. The van der Waals surface area contributed by atoms with Crippen LogP contribution in [0.4, 0.5) is 0 Å². The smallest absolute Gasteiger partial charge is 0.268 e. The minimum Gasteiger partial charge on any atom is -0.756 e. The lowest BCUT2D eigenvalue weighted by Crippen LogP contribution is -2.51. The summed E-state index contributed by atoms with van der Waals surface area (Å²) in [5.41, 5.74) is 0. The van der Waals surface area contributed by atoms with Crippen molar-refractivity contribution >= 4 is 13.7 Å². The highest BCUT2D eigenvalue weighted by molar-refractivity contribution is 7.45. The van der Waals surface area contributed by atoms with Crippen LogP contribution in [0, 0.1) is 0 Å². The number of aliphatic hydroxyl groups excluding tert-OH is 2. The van der Waals surface area contributed by atoms with E-state index in [1.54, 1.807) is 0 Å². The molecule has 9 nitrogen and oxygen atoms in total. The second kappa shape index (κ2) is 44.5. The van der Waals surface area contributed by atoms with Crippen molar-refractivity contribution in [3.05, 3.63) is 36.5 Å². The Morgan fingerprint density at radius 2 is 0.952 bits per heavy atom. The van der Waals surface area contributed by atoms with Crippen LogP contribution in [0.25, 0.3) is 0 Å². The van der Waals surface area contributed by atoms with Gasteiger partial charge in [-0.1, -0.05) is 198 Å². The molecule has 372 valence electrons. The zero-order valence-corrected chi connectivity index (χ0v) is 42.8. The van der Waals surface area contributed by atoms with Gasteiger partial charge < -0.3 is 34.0 Å². The number of amides is 1. The largest absolute Gasteiger partial charge is 0.756 e. The minimum absolute atomic E-state index is 0.0456. The molecule has 0 aliphatic rings. The monoisotopic (exact) mass is 911 g/mol. The molecule has 4 atom stereocenters. The molecule has 0 saturated heterocycles. The Balaban J connectivity index is 4.23. The Kier molecular flexibility index (Phi) is 43.6. The molecule has 0 saturated carbocycles. The summed E-state index contributed by atoms with van der Waals surface area (Å²) in [4.78, 5) is 25.5. The van der Waals surface area contributed by atoms with Gasteiger partial charge in [0.1, 0.15) is 19.3 Å². The van der Waals surface area contributed by atoms with Crippen LogP contribution in [0.1, 0.15) is 239 Å². The first-order valence-corrected chi connectivity index (χ1v) is 27.9. The topological polar surface area (TPSA) is 128 Å². The van der Waals surface area contributed by atoms with E-state index >= 15 is 0 Å². The number of quaternary nitrogens is 1. The molecule has 0 radical (unpaired) electrons. The zero-order valence-electron chi connectivity index (χ0n) is 41.9. The summed E-state index contributed by atoms with van der Waals surface area (Å²) in [7, 11) is 1.11. The summed E-state index contributed by atoms with van der Waals surface area (Å²) in [6.45, 7) is 4.41. The van der Waals surface area contributed by atoms with E-state index in [9.17, 15) is 24.5 Å². The third-order valence-corrected chi connectivity index (χ3v) is 12.9. The third-order valence-electron chi connectivity index (χ3n) is 11.9. The number of nitrogens with one attached hydrogen (secondary N) is 1. The summed E-state index contributed by atoms with van der Waals surface area (Å²) in [5, 5.41) is 24.7. The van der Waals surface area contributed by atoms with Crippen molar-refractivity contribution in [2.75, 3.05) is 40.9 Å². The molecule has 63 heavy (non-hydrogen) atoms. The van der Waals surface area contributed by atoms with Crippen molar-refractivity contribution in [1.29, 1.82) is 0 Å². The van der Waals surface area contributed by atoms with Crippen LogP contribution in [0.3, 0.4) is 0 Å². The highest BCUT2D eigenvalue weighted by Gasteiger charge is 2.29. The number of carbonyl (C=O) groups excluding carboxylic acids is 1. The van der Waals surface area contributed by atoms with Crippen LogP contribution in [0.15, 0.2) is 36.5 Å². The van der Waals surface area contributed by atoms with E-state index in [-0.39, 0.29) is 18.9 Å². The molecule has 3 N–H and O–H groups in total. The van der Waals surface area contributed by atoms with E-state index in [1.165, 1.54) is 161 Å². The molecule has 0 aliphatic heterocycles. The molecule has 1 amide bonds. The van der Waals surface area contributed by atoms with E-state index in [1.807, 2.05) is 21.1 Å². The maximum Gasteiger partial charge on any atom is 0.268 e. The molecule has 0 heterocycles. The van der Waals surface area contributed by atoms with Crippen LogP contribution < -0.4 is 10.2 Å². The Morgan fingerprint density at radius 1 is 0.571 bits per heavy atom. The average Bonchev–Trinajstić information content (AvgIpc) is 3.24. The first-order chi connectivity index (χ1) is 30.4. The van der Waals surface area contributed by atoms with E-state index < -0.39 is 32.7 Å². The predicted octanol–water partition coefficient (Wildman–Crippen LogP) is 13.8. The molecule has 0 aliphatic carbocycles. The van der Waals surface area contributed by atoms with Gasteiger partial charge in [-0.2, -0.15) is 0 Å². The van der Waals surface area contributed by atoms with Crippen molar-refractivity contribution in [2.24, 2.45) is 0 Å². The first kappa shape index (κ1) is 61.7. The minimum atomic E-state index is -4.67. The van der Waals surface area contributed by atoms with Gasteiger partial charge in [0.05, 0.1) is 39.9 Å². The van der Waals surface area contributed by atoms with E-state index in [0.29, 0.717) is 30.3 Å². The molecular weight excluding hydrogens is 808 g/mol. The zero-order chi connectivity index (χ0) is 46.5. The van der Waals surface area contributed by atoms with Gasteiger partial charge in [-0.3, -0.25) is 9.36 Å². The second-order valence-electron chi connectivity index (χ2n) is 19.4. The number of nitrogens with zero attached hydrogens (tertiary/aromatic N) is 1. The fraction of sp³-hybridized carbons (Fsp3) is 0.868. The SMILES string of the molecule is CCCCCCC/C=C\C/C=C\CCCCCCCCCCCCCCCCCC(=O)NC(COP(=O)([O-])OCC[N+](C)(C)C)C(O)C(O)CCC/C=C/CCCCCCCCC. The van der Waals surface area contributed by atoms with Gasteiger partial charge in [0, 0.05) is 6.42 Å². The van der Waals surface area contributed by atoms with Gasteiger partial charge >= 0.3 is 0 Å². The van der Waals surface area contributed by atoms with Crippen molar-refractivity contribution in [3.8, 4) is 0 Å². The van der Waals surface area contributed by atoms with Crippen molar-refractivity contribution in [1.82, 2.24) is 5.32 Å². The van der Waals surface area contributed by atoms with E-state index in [2.05, 4.69) is 55.6 Å². The maximum absolute atomic E-state index is 12.9. The van der Waals surface area contributed by atoms with Crippen LogP contribution >= 0.6 is 7.82 Å². The lowest BCUT2D eigenvalue weighted by Gasteiger charge is -2.31. The highest BCUT2D eigenvalue weighted by Crippen LogP contribution is 2.38. The van der Waals surface area contributed by atoms with E-state index in [0.717, 1.165) is 38.5 Å². The third kappa shape index (κ3) is 45.6. The standard InChI is InChI=1S/C53H103N2O7P/c1-6-8-10-12-14-16-18-20-21-22-23-24-25-26-27-28-29-30-31-32-33-34-36-38-40-42-44-46-52(57)54-50(49-62-63(59,60)61-48-47-55(3,4)5)53(58)51(56)45-43-41-39-37-35-19-17-15-13-11-9-7-2/h18,20,22-23,37,39,50-51,53,56,58H,6-17,19,21,24-36,38,40-49H2,1-5H3,(H-,54,57,59,60)/b20-18-,23-22-,39-37+. The lowest BCUT2D eigenvalue weighted by atomic mass is 10.0. The Hall–Kier alpha value is -1.32. The molecule has 10 heteroatoms. The molecule has 0 bridgehead atoms. The Labute approximate surface area is 389 Å². The van der Waals surface area contributed by atoms with Crippen molar-refractivity contribution in [3.63, 3.8) is 0 Å². The molecule has 0 aromatic rings. The van der Waals surface area contributed by atoms with E-state index in [4.69, 9.17) is 9.05 Å². The Bertz CT molecular complexity index is 1140. The van der Waals surface area contributed by atoms with Gasteiger partial charge in [0.15, 0.2) is 0 Å². The fourth-order valence-corrected chi connectivity index (χ4v) is 8.42. The molecule has 0 aromatic carbocycles. The normalized spacial score (nSPS) is 14.9. The first-order valence-electron chi connectivity index (χ1n) is 26.4. The van der Waals surface area contributed by atoms with Crippen LogP contribution in [-0.4, -0.2) is 79.8 Å². The summed E-state index contributed by atoms with van der Waals surface area (Å²) < 4.78 is 23.2. The number of likely N-dealkylation sites (N-methyl/N-ethyl adjacent to an activating group) is 1. The Morgan fingerprint density at radius 3 is 1.38 bits per heavy atom. The van der Waals surface area contributed by atoms with Gasteiger partial charge in [-0.25, -0.2) is 0 Å². The molecule has 4 unspecified atom stereocenters. The van der Waals surface area contributed by atoms with Crippen molar-refractivity contribution in [2.45, 2.75) is 257 Å². The molecule has 0 fully saturated rings. The lowest BCUT2D eigenvalue weighted by molar-refractivity contribution is -0.870. The maximum atomic E-state index is 12.9. The van der Waals surface area contributed by atoms with Crippen LogP contribution in [0.5, 0.6) is 0 Å². The van der Waals surface area contributed by atoms with Crippen LogP contribution in [-0.2, 0) is 18.4 Å². The number of phosphoric ester groups is 1. The number of unbranched alkanes of at least 4 members (excludes halogenated alkanes) is 28. The number of allylic oxidation sites excluding steroid dienone is 6. The summed E-state index contributed by atoms with van der Waals surface area (Å²) in [5.74, 6) is -0.288. The number of phosphoric acid groups is 1. The molecular formula is C53H103N2O7P. The predicted molar refractivity (Wildman–Crippen MR) is 267 cm³/mol. The molecule has 0 aromatic heterocycles. The second-order valence-corrected chi connectivity index (χ2v) is 20.8. The van der Waals surface area contributed by atoms with Gasteiger partial charge in [0.2, 0.25) is 5.91 Å². The van der Waals surface area contributed by atoms with Gasteiger partial charge in [0.25, 0.3) is 7.82 Å². The number of hydrogen-bond donors (Lipinski definition) is 3. The number of carbonyl (C=O) groups is 1. The van der Waals surface area contributed by atoms with Crippen LogP contribution in [0.2, 0.25) is 0 Å². The van der Waals surface area contributed by atoms with Crippen molar-refractivity contribution < 1.29 is 38.0 Å². The average molecular weight is 911 g/mol. The number of aliphatic hydroxyl groups is 2. The highest BCUT2D eigenvalue weighted by atomic mass is 31.2. The number of hydrogen-bond acceptors (Lipinski definition) is 7. The summed E-state index contributed by atoms with van der Waals surface area (Å²) >= 11 is 0. The van der Waals surface area contributed by atoms with Gasteiger partial charge in [-0.15, -0.1) is 0 Å².